The van der Waals surface area contributed by atoms with E-state index in [2.05, 4.69) is 0 Å². The SMILES string of the molecule is COc1cc(OC)cc([Te]C(=CC(=O)O)c2ccccc2)c1. The molecule has 22 heavy (non-hydrogen) atoms. The van der Waals surface area contributed by atoms with Gasteiger partial charge in [0.1, 0.15) is 0 Å². The molecule has 0 aliphatic carbocycles. The first-order chi connectivity index (χ1) is 10.6. The van der Waals surface area contributed by atoms with Gasteiger partial charge in [0, 0.05) is 0 Å². The molecular weight excluding hydrogens is 396 g/mol. The molecule has 0 aromatic heterocycles. The van der Waals surface area contributed by atoms with E-state index in [9.17, 15) is 4.79 Å². The third kappa shape index (κ3) is 4.52. The van der Waals surface area contributed by atoms with Crippen molar-refractivity contribution in [1.82, 2.24) is 0 Å². The molecule has 0 aliphatic heterocycles. The molecule has 0 spiro atoms. The number of aliphatic carboxylic acids is 1. The van der Waals surface area contributed by atoms with Crippen LogP contribution in [0.25, 0.3) is 3.62 Å². The predicted molar refractivity (Wildman–Crippen MR) is 87.0 cm³/mol. The summed E-state index contributed by atoms with van der Waals surface area (Å²) in [4.78, 5) is 11.1. The molecule has 4 nitrogen and oxygen atoms in total. The Morgan fingerprint density at radius 2 is 1.64 bits per heavy atom. The fourth-order valence-electron chi connectivity index (χ4n) is 1.85. The van der Waals surface area contributed by atoms with Crippen molar-refractivity contribution in [3.05, 3.63) is 60.2 Å². The zero-order valence-electron chi connectivity index (χ0n) is 12.3. The fraction of sp³-hybridized carbons (Fsp3) is 0.118. The van der Waals surface area contributed by atoms with Crippen LogP contribution in [0.3, 0.4) is 0 Å². The monoisotopic (exact) mass is 414 g/mol. The van der Waals surface area contributed by atoms with Gasteiger partial charge in [0.2, 0.25) is 0 Å². The normalized spacial score (nSPS) is 11.1. The summed E-state index contributed by atoms with van der Waals surface area (Å²) in [5, 5.41) is 9.12. The molecule has 0 saturated carbocycles. The van der Waals surface area contributed by atoms with Gasteiger partial charge in [-0.25, -0.2) is 0 Å². The zero-order valence-corrected chi connectivity index (χ0v) is 14.6. The number of hydrogen-bond donors (Lipinski definition) is 1. The molecule has 0 fully saturated rings. The van der Waals surface area contributed by atoms with Gasteiger partial charge in [-0.15, -0.1) is 0 Å². The number of carbonyl (C=O) groups is 1. The number of rotatable bonds is 6. The first kappa shape index (κ1) is 16.4. The number of hydrogen-bond acceptors (Lipinski definition) is 3. The van der Waals surface area contributed by atoms with Gasteiger partial charge in [-0.3, -0.25) is 0 Å². The van der Waals surface area contributed by atoms with E-state index in [-0.39, 0.29) is 0 Å². The molecule has 1 N–H and O–H groups in total. The third-order valence-electron chi connectivity index (χ3n) is 2.87. The number of ether oxygens (including phenoxy) is 2. The van der Waals surface area contributed by atoms with Crippen LogP contribution in [0.2, 0.25) is 0 Å². The average molecular weight is 412 g/mol. The van der Waals surface area contributed by atoms with Crippen LogP contribution < -0.4 is 13.1 Å². The van der Waals surface area contributed by atoms with Crippen LogP contribution >= 0.6 is 0 Å². The quantitative estimate of drug-likeness (QED) is 0.584. The molecule has 2 aromatic carbocycles. The van der Waals surface area contributed by atoms with Crippen LogP contribution in [0.1, 0.15) is 5.56 Å². The number of benzene rings is 2. The van der Waals surface area contributed by atoms with Crippen molar-refractivity contribution in [1.29, 1.82) is 0 Å². The Bertz CT molecular complexity index is 658. The Morgan fingerprint density at radius 1 is 1.05 bits per heavy atom. The molecule has 0 amide bonds. The van der Waals surface area contributed by atoms with Crippen molar-refractivity contribution in [2.45, 2.75) is 0 Å². The van der Waals surface area contributed by atoms with Gasteiger partial charge in [0.05, 0.1) is 0 Å². The number of carboxylic acids is 1. The van der Waals surface area contributed by atoms with E-state index in [1.165, 1.54) is 6.08 Å². The van der Waals surface area contributed by atoms with Crippen molar-refractivity contribution in [2.75, 3.05) is 14.2 Å². The summed E-state index contributed by atoms with van der Waals surface area (Å²) in [7, 11) is 3.20. The van der Waals surface area contributed by atoms with Crippen LogP contribution in [0.5, 0.6) is 11.5 Å². The summed E-state index contributed by atoms with van der Waals surface area (Å²) < 4.78 is 12.5. The van der Waals surface area contributed by atoms with Gasteiger partial charge >= 0.3 is 139 Å². The minimum atomic E-state index is -0.932. The Labute approximate surface area is 139 Å². The fourth-order valence-corrected chi connectivity index (χ4v) is 4.76. The van der Waals surface area contributed by atoms with Crippen molar-refractivity contribution >= 4 is 34.1 Å². The molecule has 2 aromatic rings. The summed E-state index contributed by atoms with van der Waals surface area (Å²) in [6.07, 6.45) is 1.30. The second-order valence-corrected chi connectivity index (χ2v) is 7.55. The van der Waals surface area contributed by atoms with Crippen LogP contribution in [-0.2, 0) is 4.79 Å². The third-order valence-corrected chi connectivity index (χ3v) is 5.85. The van der Waals surface area contributed by atoms with Gasteiger partial charge in [-0.2, -0.15) is 0 Å². The van der Waals surface area contributed by atoms with Gasteiger partial charge < -0.3 is 0 Å². The van der Waals surface area contributed by atoms with Crippen molar-refractivity contribution < 1.29 is 19.4 Å². The number of methoxy groups -OCH3 is 2. The van der Waals surface area contributed by atoms with E-state index >= 15 is 0 Å². The summed E-state index contributed by atoms with van der Waals surface area (Å²) in [6, 6.07) is 15.3. The van der Waals surface area contributed by atoms with E-state index < -0.39 is 26.9 Å². The zero-order chi connectivity index (χ0) is 15.9. The summed E-state index contributed by atoms with van der Waals surface area (Å²) in [5.74, 6) is 0.489. The Balaban J connectivity index is 2.38. The molecule has 0 aliphatic rings. The predicted octanol–water partition coefficient (Wildman–Crippen LogP) is 2.16. The van der Waals surface area contributed by atoms with E-state index in [4.69, 9.17) is 14.6 Å². The van der Waals surface area contributed by atoms with Gasteiger partial charge in [-0.1, -0.05) is 0 Å². The Kier molecular flexibility index (Phi) is 5.88. The molecular formula is C17H16O4Te. The van der Waals surface area contributed by atoms with E-state index in [1.807, 2.05) is 42.5 Å². The van der Waals surface area contributed by atoms with Crippen LogP contribution in [-0.4, -0.2) is 46.2 Å². The molecule has 5 heteroatoms. The second-order valence-electron chi connectivity index (χ2n) is 4.36. The first-order valence-corrected chi connectivity index (χ1v) is 8.86. The van der Waals surface area contributed by atoms with Crippen molar-refractivity contribution in [3.63, 3.8) is 0 Å². The van der Waals surface area contributed by atoms with Crippen molar-refractivity contribution in [2.24, 2.45) is 0 Å². The summed E-state index contributed by atoms with van der Waals surface area (Å²) in [5.41, 5.74) is 0.939. The molecule has 0 saturated heterocycles. The van der Waals surface area contributed by atoms with Crippen LogP contribution in [0.15, 0.2) is 54.6 Å². The molecule has 0 atom stereocenters. The maximum atomic E-state index is 11.1. The average Bonchev–Trinajstić information content (AvgIpc) is 2.54. The topological polar surface area (TPSA) is 55.8 Å². The molecule has 0 heterocycles. The maximum absolute atomic E-state index is 11.1. The minimum absolute atomic E-state index is 0.710. The Morgan fingerprint density at radius 3 is 2.14 bits per heavy atom. The van der Waals surface area contributed by atoms with E-state index in [0.717, 1.165) is 12.8 Å². The van der Waals surface area contributed by atoms with Crippen LogP contribution in [0.4, 0.5) is 0 Å². The summed E-state index contributed by atoms with van der Waals surface area (Å²) in [6.45, 7) is 0. The number of carboxylic acid groups (broad SMARTS) is 1. The molecule has 114 valence electrons. The first-order valence-electron chi connectivity index (χ1n) is 6.53. The van der Waals surface area contributed by atoms with Gasteiger partial charge in [-0.05, 0) is 0 Å². The second kappa shape index (κ2) is 7.88. The van der Waals surface area contributed by atoms with Gasteiger partial charge in [0.25, 0.3) is 0 Å². The van der Waals surface area contributed by atoms with Crippen LogP contribution in [0, 0.1) is 0 Å². The van der Waals surface area contributed by atoms with Crippen molar-refractivity contribution in [3.8, 4) is 11.5 Å². The molecule has 0 bridgehead atoms. The summed E-state index contributed by atoms with van der Waals surface area (Å²) >= 11 is -0.886. The molecule has 2 rings (SSSR count). The van der Waals surface area contributed by atoms with E-state index in [0.29, 0.717) is 11.5 Å². The molecule has 0 unspecified atom stereocenters. The Hall–Kier alpha value is -1.96. The van der Waals surface area contributed by atoms with Gasteiger partial charge in [0.15, 0.2) is 0 Å². The van der Waals surface area contributed by atoms with E-state index in [1.54, 1.807) is 20.3 Å². The standard InChI is InChI=1S/C17H16O4Te/c1-20-13-8-14(21-2)10-15(9-13)22-16(11-17(18)19)12-6-4-3-5-7-12/h3-11H,1-2H3,(H,18,19). The molecule has 0 radical (unpaired) electrons.